The minimum Gasteiger partial charge on any atom is -0.481 e. The van der Waals surface area contributed by atoms with Gasteiger partial charge in [0.05, 0.1) is 17.6 Å². The molecule has 0 unspecified atom stereocenters. The summed E-state index contributed by atoms with van der Waals surface area (Å²) in [6.45, 7) is 2.17. The van der Waals surface area contributed by atoms with Crippen molar-refractivity contribution >= 4 is 52.0 Å². The maximum Gasteiger partial charge on any atom is 0.411 e. The molecular weight excluding hydrogens is 541 g/mol. The highest BCUT2D eigenvalue weighted by Crippen LogP contribution is 2.53. The highest BCUT2D eigenvalue weighted by molar-refractivity contribution is 6.48. The highest BCUT2D eigenvalue weighted by Gasteiger charge is 2.52. The largest absolute Gasteiger partial charge is 0.481 e. The molecule has 1 amide bonds. The summed E-state index contributed by atoms with van der Waals surface area (Å²) in [6.07, 6.45) is 8.63. The fraction of sp³-hybridized carbons (Fsp3) is 0.300. The molecule has 7 nitrogen and oxygen atoms in total. The smallest absolute Gasteiger partial charge is 0.411 e. The molecule has 0 fully saturated rings. The molecular formula is C30H29Cl2NO6. The van der Waals surface area contributed by atoms with Crippen LogP contribution in [0.25, 0.3) is 5.03 Å². The number of nitrogens with one attached hydrogen (secondary N) is 1. The van der Waals surface area contributed by atoms with Crippen LogP contribution in [0.4, 0.5) is 10.5 Å². The van der Waals surface area contributed by atoms with Gasteiger partial charge in [0.1, 0.15) is 0 Å². The number of hydrogen-bond acceptors (Lipinski definition) is 4. The molecule has 0 aliphatic heterocycles. The fourth-order valence-corrected chi connectivity index (χ4v) is 5.90. The van der Waals surface area contributed by atoms with Crippen molar-refractivity contribution in [2.75, 3.05) is 11.9 Å². The van der Waals surface area contributed by atoms with Gasteiger partial charge in [0.15, 0.2) is 0 Å². The number of halogens is 2. The predicted molar refractivity (Wildman–Crippen MR) is 151 cm³/mol. The third-order valence-electron chi connectivity index (χ3n) is 7.39. The summed E-state index contributed by atoms with van der Waals surface area (Å²) in [5, 5.41) is 23.1. The molecule has 0 spiro atoms. The van der Waals surface area contributed by atoms with Gasteiger partial charge in [0.25, 0.3) is 0 Å². The number of aliphatic carboxylic acids is 1. The minimum absolute atomic E-state index is 0.0519. The summed E-state index contributed by atoms with van der Waals surface area (Å²) >= 11 is 12.6. The third-order valence-corrected chi connectivity index (χ3v) is 7.97. The number of amides is 1. The van der Waals surface area contributed by atoms with Crippen LogP contribution in [0.2, 0.25) is 5.02 Å². The molecule has 2 aliphatic rings. The Morgan fingerprint density at radius 3 is 2.51 bits per heavy atom. The maximum atomic E-state index is 12.8. The standard InChI is InChI=1S/C30H29Cl2NO6/c1-18-13-22-15-19(10-12-39-29(38)33-25-4-2-3-24(31)17-25)9-11-30(22,28(36)37)23(14-18)16-26(32)20-5-7-21(8-6-20)27(34)35/h2-9,11,14,16-17,19,22-23H,10,12-13,15H2,1H3,(H,33,38)(H,34,35)(H,36,37)/b26-16-/t19-,22-,23-,30-/m0/s1. The zero-order valence-electron chi connectivity index (χ0n) is 21.3. The van der Waals surface area contributed by atoms with Gasteiger partial charge in [-0.1, -0.05) is 71.3 Å². The average molecular weight is 570 g/mol. The molecule has 204 valence electrons. The Hall–Kier alpha value is -3.55. The van der Waals surface area contributed by atoms with E-state index in [0.29, 0.717) is 40.6 Å². The Balaban J connectivity index is 1.46. The molecule has 2 aromatic rings. The van der Waals surface area contributed by atoms with Crippen LogP contribution in [-0.2, 0) is 9.53 Å². The number of allylic oxidation sites excluding steroid dienone is 4. The summed E-state index contributed by atoms with van der Waals surface area (Å²) in [5.41, 5.74) is 1.21. The Bertz CT molecular complexity index is 1350. The maximum absolute atomic E-state index is 12.8. The number of ether oxygens (including phenoxy) is 1. The van der Waals surface area contributed by atoms with Crippen molar-refractivity contribution in [2.24, 2.45) is 23.2 Å². The molecule has 0 saturated heterocycles. The van der Waals surface area contributed by atoms with Crippen molar-refractivity contribution in [2.45, 2.75) is 26.2 Å². The first-order valence-electron chi connectivity index (χ1n) is 12.6. The van der Waals surface area contributed by atoms with E-state index in [1.54, 1.807) is 48.6 Å². The number of hydrogen-bond donors (Lipinski definition) is 3. The monoisotopic (exact) mass is 569 g/mol. The van der Waals surface area contributed by atoms with E-state index in [0.717, 1.165) is 5.57 Å². The summed E-state index contributed by atoms with van der Waals surface area (Å²) in [7, 11) is 0. The average Bonchev–Trinajstić information content (AvgIpc) is 2.88. The molecule has 0 radical (unpaired) electrons. The van der Waals surface area contributed by atoms with E-state index in [1.807, 2.05) is 19.1 Å². The summed E-state index contributed by atoms with van der Waals surface area (Å²) in [5.74, 6) is -2.56. The molecule has 0 saturated carbocycles. The molecule has 39 heavy (non-hydrogen) atoms. The van der Waals surface area contributed by atoms with Crippen molar-refractivity contribution < 1.29 is 29.3 Å². The normalized spacial score (nSPS) is 24.3. The molecule has 4 rings (SSSR count). The van der Waals surface area contributed by atoms with Gasteiger partial charge in [0.2, 0.25) is 0 Å². The van der Waals surface area contributed by atoms with Gasteiger partial charge < -0.3 is 14.9 Å². The highest BCUT2D eigenvalue weighted by atomic mass is 35.5. The van der Waals surface area contributed by atoms with Crippen LogP contribution in [0.15, 0.2) is 78.4 Å². The van der Waals surface area contributed by atoms with E-state index in [9.17, 15) is 19.5 Å². The second-order valence-corrected chi connectivity index (χ2v) is 10.8. The van der Waals surface area contributed by atoms with E-state index in [2.05, 4.69) is 5.32 Å². The van der Waals surface area contributed by atoms with Gasteiger partial charge in [-0.2, -0.15) is 0 Å². The Morgan fingerprint density at radius 1 is 1.13 bits per heavy atom. The minimum atomic E-state index is -1.16. The van der Waals surface area contributed by atoms with E-state index in [-0.39, 0.29) is 24.0 Å². The number of anilines is 1. The van der Waals surface area contributed by atoms with Gasteiger partial charge in [-0.05, 0) is 73.9 Å². The van der Waals surface area contributed by atoms with Gasteiger partial charge in [-0.15, -0.1) is 0 Å². The molecule has 2 aliphatic carbocycles. The van der Waals surface area contributed by atoms with Crippen LogP contribution >= 0.6 is 23.2 Å². The topological polar surface area (TPSA) is 113 Å². The SMILES string of the molecule is CC1=C[C@@H](/C=C(\Cl)c2ccc(C(=O)O)cc2)[C@]2(C(=O)O)C=C[C@@H](CCOC(=O)Nc3cccc(Cl)c3)C[C@@H]2C1. The van der Waals surface area contributed by atoms with Crippen molar-refractivity contribution in [1.82, 2.24) is 0 Å². The van der Waals surface area contributed by atoms with Crippen LogP contribution in [0.3, 0.4) is 0 Å². The quantitative estimate of drug-likeness (QED) is 0.284. The van der Waals surface area contributed by atoms with Gasteiger partial charge in [-0.25, -0.2) is 9.59 Å². The van der Waals surface area contributed by atoms with Crippen LogP contribution in [0.1, 0.15) is 42.1 Å². The molecule has 3 N–H and O–H groups in total. The van der Waals surface area contributed by atoms with Crippen LogP contribution in [0.5, 0.6) is 0 Å². The van der Waals surface area contributed by atoms with Crippen LogP contribution in [0, 0.1) is 23.2 Å². The number of aromatic carboxylic acids is 1. The number of carboxylic acids is 2. The summed E-state index contributed by atoms with van der Waals surface area (Å²) in [4.78, 5) is 36.1. The molecule has 4 atom stereocenters. The third kappa shape index (κ3) is 6.54. The second-order valence-electron chi connectivity index (χ2n) is 9.99. The summed E-state index contributed by atoms with van der Waals surface area (Å²) < 4.78 is 5.35. The lowest BCUT2D eigenvalue weighted by Gasteiger charge is -2.46. The van der Waals surface area contributed by atoms with Crippen LogP contribution in [-0.4, -0.2) is 34.9 Å². The Kier molecular flexibility index (Phi) is 8.83. The molecule has 0 bridgehead atoms. The van der Waals surface area contributed by atoms with E-state index in [4.69, 9.17) is 33.0 Å². The van der Waals surface area contributed by atoms with Gasteiger partial charge in [-0.3, -0.25) is 10.1 Å². The molecule has 0 aromatic heterocycles. The van der Waals surface area contributed by atoms with Gasteiger partial charge in [0, 0.05) is 21.7 Å². The number of benzene rings is 2. The first kappa shape index (κ1) is 28.5. The van der Waals surface area contributed by atoms with E-state index < -0.39 is 29.4 Å². The Labute approximate surface area is 236 Å². The number of carbonyl (C=O) groups excluding carboxylic acids is 1. The van der Waals surface area contributed by atoms with Crippen LogP contribution < -0.4 is 5.32 Å². The molecule has 0 heterocycles. The van der Waals surface area contributed by atoms with Crippen molar-refractivity contribution in [1.29, 1.82) is 0 Å². The fourth-order valence-electron chi connectivity index (χ4n) is 5.44. The lowest BCUT2D eigenvalue weighted by atomic mass is 9.56. The lowest BCUT2D eigenvalue weighted by molar-refractivity contribution is -0.152. The van der Waals surface area contributed by atoms with E-state index in [1.165, 1.54) is 12.1 Å². The second kappa shape index (κ2) is 12.1. The number of fused-ring (bicyclic) bond motifs is 1. The summed E-state index contributed by atoms with van der Waals surface area (Å²) in [6, 6.07) is 12.9. The number of carbonyl (C=O) groups is 3. The number of rotatable bonds is 8. The molecule has 9 heteroatoms. The Morgan fingerprint density at radius 2 is 1.85 bits per heavy atom. The predicted octanol–water partition coefficient (Wildman–Crippen LogP) is 7.49. The van der Waals surface area contributed by atoms with Gasteiger partial charge >= 0.3 is 18.0 Å². The number of carboxylic acid groups (broad SMARTS) is 2. The van der Waals surface area contributed by atoms with Crippen molar-refractivity contribution in [3.8, 4) is 0 Å². The first-order chi connectivity index (χ1) is 18.6. The van der Waals surface area contributed by atoms with Crippen molar-refractivity contribution in [3.63, 3.8) is 0 Å². The first-order valence-corrected chi connectivity index (χ1v) is 13.3. The molecule has 2 aromatic carbocycles. The zero-order chi connectivity index (χ0) is 28.2. The lowest BCUT2D eigenvalue weighted by Crippen LogP contribution is -2.47. The van der Waals surface area contributed by atoms with Crippen molar-refractivity contribution in [3.05, 3.63) is 94.6 Å². The zero-order valence-corrected chi connectivity index (χ0v) is 22.8. The van der Waals surface area contributed by atoms with E-state index >= 15 is 0 Å².